The molecule has 0 saturated heterocycles. The molecule has 0 aliphatic rings. The molecule has 12 heteroatoms. The minimum absolute atomic E-state index is 0.0101. The molecule has 2 aromatic carbocycles. The molecule has 0 unspecified atom stereocenters. The van der Waals surface area contributed by atoms with E-state index in [-0.39, 0.29) is 32.6 Å². The van der Waals surface area contributed by atoms with Crippen LogP contribution >= 0.6 is 11.3 Å². The molecule has 5 rings (SSSR count). The van der Waals surface area contributed by atoms with Gasteiger partial charge in [0.15, 0.2) is 0 Å². The summed E-state index contributed by atoms with van der Waals surface area (Å²) < 4.78 is 8.52. The van der Waals surface area contributed by atoms with E-state index in [4.69, 9.17) is 4.74 Å². The van der Waals surface area contributed by atoms with Gasteiger partial charge in [-0.2, -0.15) is 0 Å². The van der Waals surface area contributed by atoms with Crippen LogP contribution in [0.1, 0.15) is 29.1 Å². The van der Waals surface area contributed by atoms with Crippen LogP contribution < -0.4 is 15.6 Å². The van der Waals surface area contributed by atoms with Crippen molar-refractivity contribution in [1.82, 2.24) is 28.9 Å². The SMILES string of the molecule is CN(C)COc1cccc(CC(=O)Nc2ccc(CCCCc3nnc(-n4[se]c5ccccc5c4=O)s3)nn2)c1. The molecule has 5 aromatic rings. The molecule has 0 aliphatic carbocycles. The zero-order chi connectivity index (χ0) is 27.9. The number of aromatic nitrogens is 5. The summed E-state index contributed by atoms with van der Waals surface area (Å²) in [4.78, 5) is 27.1. The predicted molar refractivity (Wildman–Crippen MR) is 157 cm³/mol. The topological polar surface area (TPSA) is 115 Å². The zero-order valence-corrected chi connectivity index (χ0v) is 24.8. The van der Waals surface area contributed by atoms with Crippen molar-refractivity contribution in [3.05, 3.63) is 87.3 Å². The van der Waals surface area contributed by atoms with Crippen LogP contribution in [0.2, 0.25) is 0 Å². The second-order valence-corrected chi connectivity index (χ2v) is 12.6. The molecular weight excluding hydrogens is 593 g/mol. The number of benzene rings is 2. The largest absolute Gasteiger partial charge is 0.0162 e. The average Bonchev–Trinajstić information content (AvgIpc) is 3.55. The summed E-state index contributed by atoms with van der Waals surface area (Å²) in [6.07, 6.45) is 3.62. The number of fused-ring (bicyclic) bond motifs is 1. The number of ether oxygens (including phenoxy) is 1. The third-order valence-electron chi connectivity index (χ3n) is 5.93. The van der Waals surface area contributed by atoms with Gasteiger partial charge in [0, 0.05) is 0 Å². The molecule has 0 atom stereocenters. The number of hydrogen-bond acceptors (Lipinski definition) is 9. The van der Waals surface area contributed by atoms with E-state index in [0.717, 1.165) is 57.3 Å². The Bertz CT molecular complexity index is 1650. The van der Waals surface area contributed by atoms with Crippen LogP contribution in [-0.4, -0.2) is 70.3 Å². The summed E-state index contributed by atoms with van der Waals surface area (Å²) in [7, 11) is 3.86. The first kappa shape index (κ1) is 27.9. The number of rotatable bonds is 12. The molecule has 10 nitrogen and oxygen atoms in total. The maximum absolute atomic E-state index is 12.7. The Labute approximate surface area is 241 Å². The van der Waals surface area contributed by atoms with Crippen molar-refractivity contribution in [3.8, 4) is 10.9 Å². The second kappa shape index (κ2) is 13.1. The van der Waals surface area contributed by atoms with E-state index in [1.165, 1.54) is 11.3 Å². The van der Waals surface area contributed by atoms with Gasteiger partial charge < -0.3 is 10.1 Å². The van der Waals surface area contributed by atoms with Crippen molar-refractivity contribution in [2.45, 2.75) is 32.1 Å². The van der Waals surface area contributed by atoms with Crippen LogP contribution in [0.15, 0.2) is 65.5 Å². The smallest absolute Gasteiger partial charge is 0.0162 e. The Hall–Kier alpha value is -3.70. The first-order chi connectivity index (χ1) is 19.4. The molecule has 40 heavy (non-hydrogen) atoms. The Kier molecular flexibility index (Phi) is 9.12. The molecule has 0 aliphatic heterocycles. The number of carbonyl (C=O) groups excluding carboxylic acids is 1. The van der Waals surface area contributed by atoms with Crippen LogP contribution in [0.4, 0.5) is 5.82 Å². The van der Waals surface area contributed by atoms with Gasteiger partial charge in [0.1, 0.15) is 12.5 Å². The number of anilines is 1. The van der Waals surface area contributed by atoms with E-state index in [2.05, 4.69) is 25.7 Å². The van der Waals surface area contributed by atoms with E-state index < -0.39 is 0 Å². The molecule has 0 bridgehead atoms. The Balaban J connectivity index is 1.06. The number of unbranched alkanes of at least 4 members (excludes halogenated alkanes) is 1. The molecule has 0 radical (unpaired) electrons. The van der Waals surface area contributed by atoms with Crippen molar-refractivity contribution in [2.75, 3.05) is 26.1 Å². The molecule has 1 N–H and O–H groups in total. The first-order valence-corrected chi connectivity index (χ1v) is 15.3. The molecule has 0 saturated carbocycles. The molecular formula is C28H29N7O3SSe. The third-order valence-corrected chi connectivity index (χ3v) is 9.42. The number of carbonyl (C=O) groups is 1. The molecule has 3 aromatic heterocycles. The quantitative estimate of drug-likeness (QED) is 0.128. The predicted octanol–water partition coefficient (Wildman–Crippen LogP) is 3.33. The van der Waals surface area contributed by atoms with E-state index in [1.54, 1.807) is 9.63 Å². The van der Waals surface area contributed by atoms with Gasteiger partial charge in [-0.25, -0.2) is 0 Å². The van der Waals surface area contributed by atoms with Crippen LogP contribution in [0.5, 0.6) is 5.75 Å². The standard InChI is InChI=1S/C28H29N7O3SSe/c1-34(2)18-38-21-10-7-8-19(16-21)17-25(36)29-24-15-14-20(30-31-24)9-3-6-13-26-32-33-28(39-26)35-27(37)22-11-4-5-12-23(22)40-35/h4-5,7-8,10-12,14-16H,3,6,9,13,17-18H2,1-2H3,(H,29,31,36). The van der Waals surface area contributed by atoms with Crippen LogP contribution in [0.25, 0.3) is 14.8 Å². The van der Waals surface area contributed by atoms with Gasteiger partial charge in [-0.1, -0.05) is 12.1 Å². The van der Waals surface area contributed by atoms with Crippen molar-refractivity contribution in [1.29, 1.82) is 0 Å². The maximum atomic E-state index is 12.7. The van der Waals surface area contributed by atoms with Gasteiger partial charge in [-0.15, -0.1) is 0 Å². The van der Waals surface area contributed by atoms with Crippen LogP contribution in [0, 0.1) is 0 Å². The van der Waals surface area contributed by atoms with Crippen LogP contribution in [0.3, 0.4) is 0 Å². The van der Waals surface area contributed by atoms with Gasteiger partial charge in [0.2, 0.25) is 5.91 Å². The van der Waals surface area contributed by atoms with Crippen molar-refractivity contribution in [2.24, 2.45) is 0 Å². The number of nitrogens with one attached hydrogen (secondary N) is 1. The van der Waals surface area contributed by atoms with Gasteiger partial charge >= 0.3 is 154 Å². The van der Waals surface area contributed by atoms with Crippen LogP contribution in [-0.2, 0) is 24.1 Å². The Morgan fingerprint density at radius 3 is 2.65 bits per heavy atom. The van der Waals surface area contributed by atoms with E-state index in [0.29, 0.717) is 17.7 Å². The van der Waals surface area contributed by atoms with E-state index in [1.807, 2.05) is 73.6 Å². The van der Waals surface area contributed by atoms with E-state index >= 15 is 0 Å². The normalized spacial score (nSPS) is 11.3. The summed E-state index contributed by atoms with van der Waals surface area (Å²) >= 11 is 1.39. The van der Waals surface area contributed by atoms with Gasteiger partial charge in [-0.05, 0) is 31.8 Å². The van der Waals surface area contributed by atoms with E-state index in [9.17, 15) is 9.59 Å². The zero-order valence-electron chi connectivity index (χ0n) is 22.2. The fraction of sp³-hybridized carbons (Fsp3) is 0.286. The van der Waals surface area contributed by atoms with Gasteiger partial charge in [0.25, 0.3) is 0 Å². The fourth-order valence-electron chi connectivity index (χ4n) is 3.99. The van der Waals surface area contributed by atoms with Gasteiger partial charge in [-0.3, -0.25) is 9.69 Å². The molecule has 206 valence electrons. The maximum Gasteiger partial charge on any atom is -0.0162 e. The Morgan fingerprint density at radius 2 is 1.85 bits per heavy atom. The average molecular weight is 623 g/mol. The number of aryl methyl sites for hydroxylation is 2. The monoisotopic (exact) mass is 623 g/mol. The second-order valence-electron chi connectivity index (χ2n) is 9.51. The Morgan fingerprint density at radius 1 is 1.00 bits per heavy atom. The number of amides is 1. The van der Waals surface area contributed by atoms with Gasteiger partial charge in [0.05, 0.1) is 6.42 Å². The third kappa shape index (κ3) is 7.28. The minimum Gasteiger partial charge on any atom is -0.0162 e. The fourth-order valence-corrected chi connectivity index (χ4v) is 7.06. The molecule has 0 fully saturated rings. The minimum atomic E-state index is -0.163. The summed E-state index contributed by atoms with van der Waals surface area (Å²) in [6.45, 7) is 0.470. The summed E-state index contributed by atoms with van der Waals surface area (Å²) in [6, 6.07) is 18.9. The van der Waals surface area contributed by atoms with Crippen molar-refractivity contribution in [3.63, 3.8) is 0 Å². The number of hydrogen-bond donors (Lipinski definition) is 1. The summed E-state index contributed by atoms with van der Waals surface area (Å²) in [5.74, 6) is 0.988. The number of nitrogens with zero attached hydrogens (tertiary/aromatic N) is 6. The van der Waals surface area contributed by atoms with Crippen molar-refractivity contribution >= 4 is 47.4 Å². The first-order valence-electron chi connectivity index (χ1n) is 12.9. The molecule has 3 heterocycles. The summed E-state index contributed by atoms with van der Waals surface area (Å²) in [5.41, 5.74) is 1.74. The summed E-state index contributed by atoms with van der Waals surface area (Å²) in [5, 5.41) is 22.2. The molecule has 0 spiro atoms. The van der Waals surface area contributed by atoms with Crippen molar-refractivity contribution < 1.29 is 9.53 Å². The molecule has 1 amide bonds.